The molecule has 0 spiro atoms. The van der Waals surface area contributed by atoms with Crippen molar-refractivity contribution in [2.75, 3.05) is 0 Å². The standard InChI is InChI=1S/2C11H17.2ClH.Hf/c2*1-6-11-9(4)7(2)8(3)10(11)5;;;/h2*6H2,1-5H3;2*1H;/q;;;;+2/p-2. The number of hydrogen-bond donors (Lipinski definition) is 0. The molecule has 0 aromatic carbocycles. The molecule has 0 atom stereocenters. The van der Waals surface area contributed by atoms with Crippen LogP contribution in [0.15, 0.2) is 44.6 Å². The van der Waals surface area contributed by atoms with Crippen molar-refractivity contribution in [3.8, 4) is 0 Å². The average molecular weight is 548 g/mol. The summed E-state index contributed by atoms with van der Waals surface area (Å²) in [5.74, 6) is 0. The Morgan fingerprint density at radius 2 is 0.720 bits per heavy atom. The van der Waals surface area contributed by atoms with Gasteiger partial charge in [-0.3, -0.25) is 0 Å². The van der Waals surface area contributed by atoms with Crippen LogP contribution >= 0.6 is 0 Å². The average Bonchev–Trinajstić information content (AvgIpc) is 2.81. The van der Waals surface area contributed by atoms with Crippen molar-refractivity contribution in [1.82, 2.24) is 0 Å². The maximum atomic E-state index is 2.43. The molecule has 0 fully saturated rings. The van der Waals surface area contributed by atoms with Crippen LogP contribution in [-0.4, -0.2) is 0 Å². The first-order valence-electron chi connectivity index (χ1n) is 9.12. The van der Waals surface area contributed by atoms with Crippen LogP contribution < -0.4 is 24.8 Å². The van der Waals surface area contributed by atoms with E-state index in [0.29, 0.717) is 6.34 Å². The predicted octanol–water partition coefficient (Wildman–Crippen LogP) is 1.59. The summed E-state index contributed by atoms with van der Waals surface area (Å²) in [7, 11) is 0. The SMILES string of the molecule is CC[C]1([Hf+2][C]2(CC)C(C)=C(C)C(C)=C2C)C(C)=C(C)C(C)=C1C.[Cl-].[Cl-]. The zero-order chi connectivity index (χ0) is 17.7. The van der Waals surface area contributed by atoms with Crippen molar-refractivity contribution < 1.29 is 47.7 Å². The van der Waals surface area contributed by atoms with E-state index in [2.05, 4.69) is 69.2 Å². The molecular formula is C22H34Cl2Hf. The summed E-state index contributed by atoms with van der Waals surface area (Å²) >= 11 is -1.05. The molecule has 0 unspecified atom stereocenters. The Kier molecular flexibility index (Phi) is 8.75. The first kappa shape index (κ1) is 25.4. The van der Waals surface area contributed by atoms with E-state index in [1.165, 1.54) is 12.8 Å². The molecule has 25 heavy (non-hydrogen) atoms. The van der Waals surface area contributed by atoms with E-state index in [9.17, 15) is 0 Å². The first-order valence-corrected chi connectivity index (χ1v) is 12.7. The van der Waals surface area contributed by atoms with Gasteiger partial charge in [-0.05, 0) is 0 Å². The van der Waals surface area contributed by atoms with Crippen LogP contribution in [0.25, 0.3) is 0 Å². The van der Waals surface area contributed by atoms with Gasteiger partial charge in [0.2, 0.25) is 0 Å². The molecule has 0 heterocycles. The fourth-order valence-corrected chi connectivity index (χ4v) is 14.2. The second kappa shape index (κ2) is 8.61. The third kappa shape index (κ3) is 3.36. The van der Waals surface area contributed by atoms with E-state index in [1.54, 1.807) is 44.6 Å². The van der Waals surface area contributed by atoms with Gasteiger partial charge in [-0.2, -0.15) is 0 Å². The van der Waals surface area contributed by atoms with Gasteiger partial charge in [-0.25, -0.2) is 0 Å². The Bertz CT molecular complexity index is 568. The minimum atomic E-state index is -1.05. The van der Waals surface area contributed by atoms with Crippen LogP contribution in [-0.2, 0) is 22.9 Å². The van der Waals surface area contributed by atoms with Gasteiger partial charge in [0.05, 0.1) is 0 Å². The van der Waals surface area contributed by atoms with Crippen LogP contribution in [0.1, 0.15) is 82.1 Å². The molecule has 0 radical (unpaired) electrons. The molecule has 0 amide bonds. The minimum Gasteiger partial charge on any atom is -1.00 e. The Morgan fingerprint density at radius 1 is 0.520 bits per heavy atom. The van der Waals surface area contributed by atoms with E-state index < -0.39 is 22.9 Å². The van der Waals surface area contributed by atoms with Crippen LogP contribution in [0.4, 0.5) is 0 Å². The summed E-state index contributed by atoms with van der Waals surface area (Å²) < 4.78 is 0.884. The third-order valence-corrected chi connectivity index (χ3v) is 18.4. The molecule has 0 N–H and O–H groups in total. The normalized spacial score (nSPS) is 21.5. The summed E-state index contributed by atoms with van der Waals surface area (Å²) in [5, 5.41) is 0. The topological polar surface area (TPSA) is 0 Å². The Labute approximate surface area is 179 Å². The van der Waals surface area contributed by atoms with E-state index in [4.69, 9.17) is 0 Å². The monoisotopic (exact) mass is 548 g/mol. The smallest absolute Gasteiger partial charge is 1.00 e. The van der Waals surface area contributed by atoms with E-state index in [1.807, 2.05) is 0 Å². The maximum Gasteiger partial charge on any atom is -1.00 e. The number of allylic oxidation sites excluding steroid dienone is 8. The minimum absolute atomic E-state index is 0. The van der Waals surface area contributed by atoms with Gasteiger partial charge in [-0.1, -0.05) is 0 Å². The number of hydrogen-bond acceptors (Lipinski definition) is 0. The van der Waals surface area contributed by atoms with Crippen LogP contribution in [0.2, 0.25) is 6.34 Å². The van der Waals surface area contributed by atoms with Crippen molar-refractivity contribution >= 4 is 0 Å². The first-order chi connectivity index (χ1) is 10.6. The largest absolute Gasteiger partial charge is 1.00 e. The maximum absolute atomic E-state index is 2.43. The quantitative estimate of drug-likeness (QED) is 0.469. The summed E-state index contributed by atoms with van der Waals surface area (Å²) in [6.45, 7) is 24.0. The molecule has 0 nitrogen and oxygen atoms in total. The summed E-state index contributed by atoms with van der Waals surface area (Å²) in [5.41, 5.74) is 13.1. The molecule has 0 aromatic rings. The molecule has 2 aliphatic rings. The van der Waals surface area contributed by atoms with Gasteiger partial charge >= 0.3 is 156 Å². The van der Waals surface area contributed by atoms with Crippen molar-refractivity contribution in [3.05, 3.63) is 44.6 Å². The van der Waals surface area contributed by atoms with Crippen LogP contribution in [0.5, 0.6) is 0 Å². The number of halogens is 2. The van der Waals surface area contributed by atoms with Crippen molar-refractivity contribution in [2.24, 2.45) is 0 Å². The van der Waals surface area contributed by atoms with Crippen molar-refractivity contribution in [1.29, 1.82) is 0 Å². The summed E-state index contributed by atoms with van der Waals surface area (Å²) in [6.07, 6.45) is 2.59. The van der Waals surface area contributed by atoms with Gasteiger partial charge in [0, 0.05) is 0 Å². The second-order valence-corrected chi connectivity index (χ2v) is 14.7. The van der Waals surface area contributed by atoms with Crippen molar-refractivity contribution in [2.45, 2.75) is 88.4 Å². The zero-order valence-corrected chi connectivity index (χ0v) is 22.8. The van der Waals surface area contributed by atoms with Crippen molar-refractivity contribution in [3.63, 3.8) is 0 Å². The summed E-state index contributed by atoms with van der Waals surface area (Å²) in [6, 6.07) is 0. The third-order valence-electron chi connectivity index (χ3n) is 7.42. The summed E-state index contributed by atoms with van der Waals surface area (Å²) in [4.78, 5) is 0. The second-order valence-electron chi connectivity index (χ2n) is 7.64. The molecule has 0 saturated heterocycles. The molecule has 140 valence electrons. The van der Waals surface area contributed by atoms with E-state index >= 15 is 0 Å². The van der Waals surface area contributed by atoms with Crippen LogP contribution in [0, 0.1) is 0 Å². The fraction of sp³-hybridized carbons (Fsp3) is 0.636. The Balaban J connectivity index is 0.00000288. The fourth-order valence-electron chi connectivity index (χ4n) is 4.94. The zero-order valence-electron chi connectivity index (χ0n) is 17.7. The molecule has 0 aliphatic heterocycles. The van der Waals surface area contributed by atoms with Gasteiger partial charge in [0.25, 0.3) is 0 Å². The van der Waals surface area contributed by atoms with Gasteiger partial charge < -0.3 is 24.8 Å². The Hall–Kier alpha value is 0.410. The molecule has 3 heteroatoms. The molecule has 2 aliphatic carbocycles. The number of rotatable bonds is 4. The molecular weight excluding hydrogens is 514 g/mol. The predicted molar refractivity (Wildman–Crippen MR) is 99.5 cm³/mol. The van der Waals surface area contributed by atoms with Gasteiger partial charge in [0.15, 0.2) is 0 Å². The van der Waals surface area contributed by atoms with Gasteiger partial charge in [0.1, 0.15) is 0 Å². The Morgan fingerprint density at radius 3 is 0.880 bits per heavy atom. The molecule has 0 aromatic heterocycles. The molecule has 0 bridgehead atoms. The molecule has 2 rings (SSSR count). The molecule has 0 saturated carbocycles. The van der Waals surface area contributed by atoms with Gasteiger partial charge in [-0.15, -0.1) is 0 Å². The van der Waals surface area contributed by atoms with E-state index in [-0.39, 0.29) is 24.8 Å². The van der Waals surface area contributed by atoms with Crippen LogP contribution in [0.3, 0.4) is 0 Å². The van der Waals surface area contributed by atoms with E-state index in [0.717, 1.165) is 0 Å².